The summed E-state index contributed by atoms with van der Waals surface area (Å²) in [6.45, 7) is 4.54. The van der Waals surface area contributed by atoms with Crippen molar-refractivity contribution < 1.29 is 0 Å². The molecule has 0 saturated heterocycles. The fraction of sp³-hybridized carbons (Fsp3) is 0.692. The number of hydrogen-bond acceptors (Lipinski definition) is 3. The first kappa shape index (κ1) is 12.1. The van der Waals surface area contributed by atoms with Crippen LogP contribution in [0.4, 0.5) is 0 Å². The summed E-state index contributed by atoms with van der Waals surface area (Å²) in [4.78, 5) is 4.21. The van der Waals surface area contributed by atoms with Gasteiger partial charge in [-0.25, -0.2) is 0 Å². The predicted molar refractivity (Wildman–Crippen MR) is 70.8 cm³/mol. The molecule has 0 aliphatic carbocycles. The summed E-state index contributed by atoms with van der Waals surface area (Å²) in [6.07, 6.45) is 6.42. The van der Waals surface area contributed by atoms with Gasteiger partial charge in [0.2, 0.25) is 0 Å². The highest BCUT2D eigenvalue weighted by atomic mass is 32.1. The summed E-state index contributed by atoms with van der Waals surface area (Å²) in [6, 6.07) is 2.29. The van der Waals surface area contributed by atoms with Gasteiger partial charge in [0.1, 0.15) is 0 Å². The van der Waals surface area contributed by atoms with Gasteiger partial charge in [0.05, 0.1) is 0 Å². The highest BCUT2D eigenvalue weighted by Gasteiger charge is 2.16. The fourth-order valence-electron chi connectivity index (χ4n) is 2.33. The van der Waals surface area contributed by atoms with E-state index < -0.39 is 0 Å². The van der Waals surface area contributed by atoms with Gasteiger partial charge in [-0.2, -0.15) is 0 Å². The maximum atomic E-state index is 5.49. The van der Waals surface area contributed by atoms with Crippen LogP contribution >= 0.6 is 11.3 Å². The molecule has 0 spiro atoms. The van der Waals surface area contributed by atoms with E-state index >= 15 is 0 Å². The van der Waals surface area contributed by atoms with Crippen LogP contribution in [-0.4, -0.2) is 24.5 Å². The summed E-state index contributed by atoms with van der Waals surface area (Å²) in [5.41, 5.74) is 7.05. The third-order valence-electron chi connectivity index (χ3n) is 3.32. The highest BCUT2D eigenvalue weighted by molar-refractivity contribution is 7.10. The standard InChI is InChI=1S/C13H22N2S/c14-7-3-1-2-4-8-15-9-5-13-12(11-15)6-10-16-13/h6,10H,1-5,7-9,11,14H2. The van der Waals surface area contributed by atoms with Crippen LogP contribution in [0.15, 0.2) is 11.4 Å². The lowest BCUT2D eigenvalue weighted by Gasteiger charge is -2.26. The fourth-order valence-corrected chi connectivity index (χ4v) is 3.22. The molecule has 2 rings (SSSR count). The Morgan fingerprint density at radius 1 is 1.25 bits per heavy atom. The Hall–Kier alpha value is -0.380. The maximum absolute atomic E-state index is 5.49. The molecule has 1 aromatic rings. The molecule has 0 atom stereocenters. The molecule has 3 heteroatoms. The largest absolute Gasteiger partial charge is 0.330 e. The average molecular weight is 238 g/mol. The minimum Gasteiger partial charge on any atom is -0.330 e. The smallest absolute Gasteiger partial charge is 0.0244 e. The molecule has 0 bridgehead atoms. The van der Waals surface area contributed by atoms with Crippen molar-refractivity contribution in [3.8, 4) is 0 Å². The number of thiophene rings is 1. The lowest BCUT2D eigenvalue weighted by atomic mass is 10.1. The first-order chi connectivity index (χ1) is 7.90. The summed E-state index contributed by atoms with van der Waals surface area (Å²) < 4.78 is 0. The van der Waals surface area contributed by atoms with E-state index in [2.05, 4.69) is 16.3 Å². The van der Waals surface area contributed by atoms with Gasteiger partial charge in [-0.15, -0.1) is 11.3 Å². The molecule has 0 saturated carbocycles. The van der Waals surface area contributed by atoms with Crippen molar-refractivity contribution in [1.82, 2.24) is 4.90 Å². The molecular formula is C13H22N2S. The van der Waals surface area contributed by atoms with Crippen LogP contribution in [-0.2, 0) is 13.0 Å². The molecule has 0 unspecified atom stereocenters. The second-order valence-electron chi connectivity index (χ2n) is 4.60. The SMILES string of the molecule is NCCCCCCN1CCc2sccc2C1. The zero-order chi connectivity index (χ0) is 11.2. The molecule has 0 fully saturated rings. The molecule has 0 amide bonds. The van der Waals surface area contributed by atoms with E-state index in [1.807, 2.05) is 11.3 Å². The van der Waals surface area contributed by atoms with Gasteiger partial charge in [-0.1, -0.05) is 12.8 Å². The predicted octanol–water partition coefficient (Wildman–Crippen LogP) is 2.63. The van der Waals surface area contributed by atoms with Gasteiger partial charge in [-0.05, 0) is 49.4 Å². The van der Waals surface area contributed by atoms with Gasteiger partial charge in [0, 0.05) is 18.0 Å². The Morgan fingerprint density at radius 2 is 2.12 bits per heavy atom. The van der Waals surface area contributed by atoms with Crippen molar-refractivity contribution in [2.45, 2.75) is 38.6 Å². The Kier molecular flexibility index (Phi) is 4.82. The molecule has 1 aliphatic heterocycles. The topological polar surface area (TPSA) is 29.3 Å². The van der Waals surface area contributed by atoms with E-state index in [4.69, 9.17) is 5.73 Å². The molecule has 1 aliphatic rings. The Labute approximate surface area is 102 Å². The highest BCUT2D eigenvalue weighted by Crippen LogP contribution is 2.24. The van der Waals surface area contributed by atoms with Crippen molar-refractivity contribution in [2.24, 2.45) is 5.73 Å². The van der Waals surface area contributed by atoms with Crippen LogP contribution in [0, 0.1) is 0 Å². The van der Waals surface area contributed by atoms with Gasteiger partial charge in [0.15, 0.2) is 0 Å². The lowest BCUT2D eigenvalue weighted by Crippen LogP contribution is -2.30. The van der Waals surface area contributed by atoms with Crippen LogP contribution in [0.25, 0.3) is 0 Å². The molecule has 0 aromatic carbocycles. The first-order valence-corrected chi connectivity index (χ1v) is 7.26. The number of nitrogens with two attached hydrogens (primary N) is 1. The van der Waals surface area contributed by atoms with Gasteiger partial charge < -0.3 is 5.73 Å². The monoisotopic (exact) mass is 238 g/mol. The molecule has 90 valence electrons. The summed E-state index contributed by atoms with van der Waals surface area (Å²) in [5.74, 6) is 0. The van der Waals surface area contributed by atoms with Crippen molar-refractivity contribution in [3.05, 3.63) is 21.9 Å². The van der Waals surface area contributed by atoms with E-state index in [9.17, 15) is 0 Å². The van der Waals surface area contributed by atoms with Gasteiger partial charge >= 0.3 is 0 Å². The number of rotatable bonds is 6. The van der Waals surface area contributed by atoms with E-state index in [0.29, 0.717) is 0 Å². The van der Waals surface area contributed by atoms with Crippen LogP contribution in [0.1, 0.15) is 36.1 Å². The van der Waals surface area contributed by atoms with Crippen molar-refractivity contribution >= 4 is 11.3 Å². The Bertz CT molecular complexity index is 309. The molecule has 2 heterocycles. The average Bonchev–Trinajstić information content (AvgIpc) is 2.76. The van der Waals surface area contributed by atoms with E-state index in [0.717, 1.165) is 6.54 Å². The number of fused-ring (bicyclic) bond motifs is 1. The summed E-state index contributed by atoms with van der Waals surface area (Å²) in [7, 11) is 0. The lowest BCUT2D eigenvalue weighted by molar-refractivity contribution is 0.250. The number of unbranched alkanes of at least 4 members (excludes halogenated alkanes) is 3. The summed E-state index contributed by atoms with van der Waals surface area (Å²) in [5, 5.41) is 2.23. The molecular weight excluding hydrogens is 216 g/mol. The molecule has 2 N–H and O–H groups in total. The van der Waals surface area contributed by atoms with Crippen LogP contribution in [0.2, 0.25) is 0 Å². The van der Waals surface area contributed by atoms with Crippen LogP contribution < -0.4 is 5.73 Å². The number of nitrogens with zero attached hydrogens (tertiary/aromatic N) is 1. The normalized spacial score (nSPS) is 16.3. The second-order valence-corrected chi connectivity index (χ2v) is 5.60. The minimum atomic E-state index is 0.849. The van der Waals surface area contributed by atoms with Gasteiger partial charge in [0.25, 0.3) is 0 Å². The third kappa shape index (κ3) is 3.30. The minimum absolute atomic E-state index is 0.849. The van der Waals surface area contributed by atoms with E-state index in [-0.39, 0.29) is 0 Å². The Morgan fingerprint density at radius 3 is 3.00 bits per heavy atom. The van der Waals surface area contributed by atoms with Crippen molar-refractivity contribution in [2.75, 3.05) is 19.6 Å². The zero-order valence-corrected chi connectivity index (χ0v) is 10.8. The molecule has 2 nitrogen and oxygen atoms in total. The third-order valence-corrected chi connectivity index (χ3v) is 4.34. The number of hydrogen-bond donors (Lipinski definition) is 1. The first-order valence-electron chi connectivity index (χ1n) is 6.38. The maximum Gasteiger partial charge on any atom is 0.0244 e. The quantitative estimate of drug-likeness (QED) is 0.772. The van der Waals surface area contributed by atoms with Crippen molar-refractivity contribution in [3.63, 3.8) is 0 Å². The Balaban J connectivity index is 1.65. The molecule has 16 heavy (non-hydrogen) atoms. The molecule has 0 radical (unpaired) electrons. The van der Waals surface area contributed by atoms with Crippen LogP contribution in [0.5, 0.6) is 0 Å². The van der Waals surface area contributed by atoms with E-state index in [1.165, 1.54) is 51.7 Å². The zero-order valence-electron chi connectivity index (χ0n) is 9.95. The van der Waals surface area contributed by atoms with Crippen molar-refractivity contribution in [1.29, 1.82) is 0 Å². The van der Waals surface area contributed by atoms with Crippen LogP contribution in [0.3, 0.4) is 0 Å². The van der Waals surface area contributed by atoms with E-state index in [1.54, 1.807) is 10.4 Å². The van der Waals surface area contributed by atoms with Gasteiger partial charge in [-0.3, -0.25) is 4.90 Å². The molecule has 1 aromatic heterocycles. The second kappa shape index (κ2) is 6.38. The summed E-state index contributed by atoms with van der Waals surface area (Å²) >= 11 is 1.92.